The molecule has 6 heteroatoms. The third kappa shape index (κ3) is 2.55. The van der Waals surface area contributed by atoms with Crippen molar-refractivity contribution in [3.05, 3.63) is 0 Å². The van der Waals surface area contributed by atoms with Crippen molar-refractivity contribution in [2.24, 2.45) is 5.92 Å². The summed E-state index contributed by atoms with van der Waals surface area (Å²) in [5.41, 5.74) is 0. The fourth-order valence-electron chi connectivity index (χ4n) is 2.26. The van der Waals surface area contributed by atoms with Gasteiger partial charge in [-0.2, -0.15) is 0 Å². The number of nitrogens with zero attached hydrogens (tertiary/aromatic N) is 1. The van der Waals surface area contributed by atoms with E-state index < -0.39 is 10.0 Å². The maximum Gasteiger partial charge on any atom is 0.225 e. The Balaban J connectivity index is 1.77. The SMILES string of the molecule is CS(=O)(=O)N1CC(C(=O)NC2CCCC2)C1. The van der Waals surface area contributed by atoms with E-state index in [0.29, 0.717) is 19.1 Å². The van der Waals surface area contributed by atoms with E-state index in [2.05, 4.69) is 5.32 Å². The first kappa shape index (κ1) is 11.9. The van der Waals surface area contributed by atoms with E-state index in [0.717, 1.165) is 12.8 Å². The molecule has 2 fully saturated rings. The van der Waals surface area contributed by atoms with Gasteiger partial charge in [0.1, 0.15) is 0 Å². The van der Waals surface area contributed by atoms with Crippen molar-refractivity contribution in [2.45, 2.75) is 31.7 Å². The van der Waals surface area contributed by atoms with Gasteiger partial charge in [-0.1, -0.05) is 12.8 Å². The lowest BCUT2D eigenvalue weighted by atomic mass is 10.0. The number of amides is 1. The molecule has 1 aliphatic heterocycles. The summed E-state index contributed by atoms with van der Waals surface area (Å²) >= 11 is 0. The molecule has 92 valence electrons. The van der Waals surface area contributed by atoms with Gasteiger partial charge >= 0.3 is 0 Å². The van der Waals surface area contributed by atoms with Crippen molar-refractivity contribution in [3.63, 3.8) is 0 Å². The van der Waals surface area contributed by atoms with Crippen LogP contribution in [-0.4, -0.2) is 44.0 Å². The fraction of sp³-hybridized carbons (Fsp3) is 0.900. The Kier molecular flexibility index (Phi) is 3.21. The van der Waals surface area contributed by atoms with Gasteiger partial charge in [-0.15, -0.1) is 0 Å². The average Bonchev–Trinajstić information content (AvgIpc) is 2.50. The Hall–Kier alpha value is -0.620. The van der Waals surface area contributed by atoms with Gasteiger partial charge in [0.05, 0.1) is 12.2 Å². The molecule has 5 nitrogen and oxygen atoms in total. The second-order valence-electron chi connectivity index (χ2n) is 4.77. The number of carbonyl (C=O) groups is 1. The zero-order valence-electron chi connectivity index (χ0n) is 9.48. The first-order valence-electron chi connectivity index (χ1n) is 5.72. The molecule has 0 aromatic heterocycles. The standard InChI is InChI=1S/C10H18N2O3S/c1-16(14,15)12-6-8(7-12)10(13)11-9-4-2-3-5-9/h8-9H,2-7H2,1H3,(H,11,13). The number of sulfonamides is 1. The molecule has 1 aliphatic carbocycles. The Morgan fingerprint density at radius 1 is 1.25 bits per heavy atom. The van der Waals surface area contributed by atoms with Crippen LogP contribution in [0.25, 0.3) is 0 Å². The molecule has 0 unspecified atom stereocenters. The number of nitrogens with one attached hydrogen (secondary N) is 1. The van der Waals surface area contributed by atoms with Gasteiger partial charge in [-0.3, -0.25) is 4.79 Å². The minimum Gasteiger partial charge on any atom is -0.353 e. The van der Waals surface area contributed by atoms with E-state index in [1.165, 1.54) is 23.4 Å². The molecule has 0 atom stereocenters. The summed E-state index contributed by atoms with van der Waals surface area (Å²) < 4.78 is 23.6. The Morgan fingerprint density at radius 3 is 2.31 bits per heavy atom. The van der Waals surface area contributed by atoms with Gasteiger partial charge in [-0.25, -0.2) is 12.7 Å². The molecule has 0 spiro atoms. The van der Waals surface area contributed by atoms with Crippen molar-refractivity contribution in [1.82, 2.24) is 9.62 Å². The summed E-state index contributed by atoms with van der Waals surface area (Å²) in [6.45, 7) is 0.689. The molecule has 2 aliphatic rings. The van der Waals surface area contributed by atoms with Crippen LogP contribution in [0.4, 0.5) is 0 Å². The Morgan fingerprint density at radius 2 is 1.81 bits per heavy atom. The van der Waals surface area contributed by atoms with Gasteiger partial charge in [0.25, 0.3) is 0 Å². The van der Waals surface area contributed by atoms with Crippen LogP contribution in [0.2, 0.25) is 0 Å². The molecule has 1 N–H and O–H groups in total. The quantitative estimate of drug-likeness (QED) is 0.758. The highest BCUT2D eigenvalue weighted by atomic mass is 32.2. The Bertz CT molecular complexity index is 368. The van der Waals surface area contributed by atoms with E-state index in [4.69, 9.17) is 0 Å². The summed E-state index contributed by atoms with van der Waals surface area (Å²) in [5, 5.41) is 2.99. The van der Waals surface area contributed by atoms with Crippen LogP contribution in [0.15, 0.2) is 0 Å². The molecule has 0 aromatic rings. The van der Waals surface area contributed by atoms with Crippen LogP contribution in [0.3, 0.4) is 0 Å². The van der Waals surface area contributed by atoms with Crippen LogP contribution in [-0.2, 0) is 14.8 Å². The zero-order valence-corrected chi connectivity index (χ0v) is 10.3. The van der Waals surface area contributed by atoms with Gasteiger partial charge in [0.15, 0.2) is 0 Å². The normalized spacial score (nSPS) is 24.3. The van der Waals surface area contributed by atoms with Crippen molar-refractivity contribution >= 4 is 15.9 Å². The molecule has 1 amide bonds. The second-order valence-corrected chi connectivity index (χ2v) is 6.75. The lowest BCUT2D eigenvalue weighted by molar-refractivity contribution is -0.128. The predicted molar refractivity (Wildman–Crippen MR) is 60.3 cm³/mol. The molecule has 1 saturated carbocycles. The molecule has 16 heavy (non-hydrogen) atoms. The van der Waals surface area contributed by atoms with Gasteiger partial charge in [0.2, 0.25) is 15.9 Å². The molecule has 0 radical (unpaired) electrons. The van der Waals surface area contributed by atoms with Gasteiger partial charge in [-0.05, 0) is 12.8 Å². The number of rotatable bonds is 3. The molecular weight excluding hydrogens is 228 g/mol. The molecule has 2 rings (SSSR count). The predicted octanol–water partition coefficient (Wildman–Crippen LogP) is -0.0634. The van der Waals surface area contributed by atoms with E-state index in [9.17, 15) is 13.2 Å². The summed E-state index contributed by atoms with van der Waals surface area (Å²) in [4.78, 5) is 11.7. The highest BCUT2D eigenvalue weighted by Crippen LogP contribution is 2.21. The van der Waals surface area contributed by atoms with E-state index >= 15 is 0 Å². The van der Waals surface area contributed by atoms with Crippen molar-refractivity contribution in [1.29, 1.82) is 0 Å². The van der Waals surface area contributed by atoms with E-state index in [1.807, 2.05) is 0 Å². The third-order valence-electron chi connectivity index (χ3n) is 3.39. The largest absolute Gasteiger partial charge is 0.353 e. The van der Waals surface area contributed by atoms with Gasteiger partial charge in [0, 0.05) is 19.1 Å². The highest BCUT2D eigenvalue weighted by molar-refractivity contribution is 7.88. The summed E-state index contributed by atoms with van der Waals surface area (Å²) in [6.07, 6.45) is 5.68. The molecule has 1 heterocycles. The lowest BCUT2D eigenvalue weighted by Gasteiger charge is -2.36. The molecule has 0 aromatic carbocycles. The van der Waals surface area contributed by atoms with Crippen LogP contribution in [0.5, 0.6) is 0 Å². The maximum absolute atomic E-state index is 11.7. The smallest absolute Gasteiger partial charge is 0.225 e. The molecular formula is C10H18N2O3S. The summed E-state index contributed by atoms with van der Waals surface area (Å²) in [5.74, 6) is -0.123. The fourth-order valence-corrected chi connectivity index (χ4v) is 3.17. The van der Waals surface area contributed by atoms with Gasteiger partial charge < -0.3 is 5.32 Å². The van der Waals surface area contributed by atoms with Crippen molar-refractivity contribution in [2.75, 3.05) is 19.3 Å². The second kappa shape index (κ2) is 4.33. The number of carbonyl (C=O) groups excluding carboxylic acids is 1. The average molecular weight is 246 g/mol. The monoisotopic (exact) mass is 246 g/mol. The van der Waals surface area contributed by atoms with Crippen LogP contribution < -0.4 is 5.32 Å². The number of hydrogen-bond donors (Lipinski definition) is 1. The van der Waals surface area contributed by atoms with Crippen molar-refractivity contribution in [3.8, 4) is 0 Å². The third-order valence-corrected chi connectivity index (χ3v) is 4.63. The maximum atomic E-state index is 11.7. The minimum absolute atomic E-state index is 0.0202. The van der Waals surface area contributed by atoms with E-state index in [1.54, 1.807) is 0 Å². The van der Waals surface area contributed by atoms with Crippen LogP contribution >= 0.6 is 0 Å². The molecule has 1 saturated heterocycles. The summed E-state index contributed by atoms with van der Waals surface area (Å²) in [7, 11) is -3.11. The number of hydrogen-bond acceptors (Lipinski definition) is 3. The first-order chi connectivity index (χ1) is 7.47. The highest BCUT2D eigenvalue weighted by Gasteiger charge is 2.38. The van der Waals surface area contributed by atoms with E-state index in [-0.39, 0.29) is 11.8 Å². The minimum atomic E-state index is -3.11. The molecule has 0 bridgehead atoms. The lowest BCUT2D eigenvalue weighted by Crippen LogP contribution is -2.56. The van der Waals surface area contributed by atoms with Crippen LogP contribution in [0, 0.1) is 5.92 Å². The topological polar surface area (TPSA) is 66.5 Å². The Labute approximate surface area is 96.2 Å². The summed E-state index contributed by atoms with van der Waals surface area (Å²) in [6, 6.07) is 0.319. The van der Waals surface area contributed by atoms with Crippen molar-refractivity contribution < 1.29 is 13.2 Å². The zero-order chi connectivity index (χ0) is 11.8. The first-order valence-corrected chi connectivity index (χ1v) is 7.57. The van der Waals surface area contributed by atoms with Crippen LogP contribution in [0.1, 0.15) is 25.7 Å².